The van der Waals surface area contributed by atoms with Crippen molar-refractivity contribution in [1.29, 1.82) is 0 Å². The van der Waals surface area contributed by atoms with Gasteiger partial charge in [-0.15, -0.1) is 0 Å². The van der Waals surface area contributed by atoms with Crippen molar-refractivity contribution in [2.24, 2.45) is 5.92 Å². The van der Waals surface area contributed by atoms with Crippen LogP contribution in [0.25, 0.3) is 16.8 Å². The van der Waals surface area contributed by atoms with Crippen molar-refractivity contribution < 1.29 is 9.90 Å². The van der Waals surface area contributed by atoms with Crippen LogP contribution in [0.4, 0.5) is 0 Å². The first-order chi connectivity index (χ1) is 10.7. The molecule has 116 valence electrons. The minimum Gasteiger partial charge on any atom is -0.481 e. The van der Waals surface area contributed by atoms with Crippen LogP contribution in [0.5, 0.6) is 0 Å². The van der Waals surface area contributed by atoms with Crippen LogP contribution in [-0.4, -0.2) is 11.1 Å². The summed E-state index contributed by atoms with van der Waals surface area (Å²) >= 11 is 0. The fraction of sp³-hybridized carbons (Fsp3) is 0.350. The van der Waals surface area contributed by atoms with Gasteiger partial charge in [-0.2, -0.15) is 0 Å². The normalized spacial score (nSPS) is 12.8. The second-order valence-corrected chi connectivity index (χ2v) is 5.74. The Morgan fingerprint density at radius 2 is 1.91 bits per heavy atom. The Labute approximate surface area is 132 Å². The summed E-state index contributed by atoms with van der Waals surface area (Å²) in [7, 11) is 0. The number of carbonyl (C=O) groups is 1. The highest BCUT2D eigenvalue weighted by atomic mass is 16.4. The molecule has 2 heteroatoms. The summed E-state index contributed by atoms with van der Waals surface area (Å²) in [6.45, 7) is 1.94. The quantitative estimate of drug-likeness (QED) is 0.651. The second-order valence-electron chi connectivity index (χ2n) is 5.74. The molecular weight excluding hydrogens is 272 g/mol. The van der Waals surface area contributed by atoms with Crippen molar-refractivity contribution in [2.75, 3.05) is 0 Å². The van der Waals surface area contributed by atoms with Gasteiger partial charge >= 0.3 is 5.97 Å². The largest absolute Gasteiger partial charge is 0.481 e. The average Bonchev–Trinajstić information content (AvgIpc) is 2.53. The Morgan fingerprint density at radius 1 is 1.14 bits per heavy atom. The molecule has 0 aliphatic heterocycles. The van der Waals surface area contributed by atoms with E-state index in [-0.39, 0.29) is 5.92 Å². The Morgan fingerprint density at radius 3 is 2.64 bits per heavy atom. The van der Waals surface area contributed by atoms with Gasteiger partial charge in [-0.25, -0.2) is 0 Å². The molecule has 0 saturated carbocycles. The number of benzene rings is 2. The molecule has 0 aliphatic rings. The lowest BCUT2D eigenvalue weighted by Crippen LogP contribution is -2.12. The van der Waals surface area contributed by atoms with E-state index in [9.17, 15) is 4.79 Å². The third kappa shape index (κ3) is 4.73. The second kappa shape index (κ2) is 8.38. The lowest BCUT2D eigenvalue weighted by molar-refractivity contribution is -0.142. The van der Waals surface area contributed by atoms with Gasteiger partial charge in [-0.05, 0) is 48.1 Å². The minimum atomic E-state index is -0.658. The van der Waals surface area contributed by atoms with Gasteiger partial charge in [0.15, 0.2) is 0 Å². The summed E-state index contributed by atoms with van der Waals surface area (Å²) in [6.07, 6.45) is 8.88. The number of hydrogen-bond acceptors (Lipinski definition) is 1. The molecule has 1 N–H and O–H groups in total. The van der Waals surface area contributed by atoms with Gasteiger partial charge in [0.2, 0.25) is 0 Å². The zero-order valence-corrected chi connectivity index (χ0v) is 13.2. The standard InChI is InChI=1S/C20H24O2/c1-2-17(20(21)22)10-6-4-3-5-9-16-13-14-18-11-7-8-12-19(18)15-16/h5,7-9,11-15,17H,2-4,6,10H2,1H3,(H,21,22). The number of hydrogen-bond donors (Lipinski definition) is 1. The maximum Gasteiger partial charge on any atom is 0.306 e. The Hall–Kier alpha value is -2.09. The Bertz CT molecular complexity index is 643. The van der Waals surface area contributed by atoms with Crippen molar-refractivity contribution in [2.45, 2.75) is 39.0 Å². The van der Waals surface area contributed by atoms with Gasteiger partial charge in [-0.1, -0.05) is 61.9 Å². The van der Waals surface area contributed by atoms with Crippen molar-refractivity contribution in [3.63, 3.8) is 0 Å². The van der Waals surface area contributed by atoms with E-state index in [1.54, 1.807) is 0 Å². The van der Waals surface area contributed by atoms with Gasteiger partial charge in [0.05, 0.1) is 5.92 Å². The molecular formula is C20H24O2. The van der Waals surface area contributed by atoms with Gasteiger partial charge in [0, 0.05) is 0 Å². The summed E-state index contributed by atoms with van der Waals surface area (Å²) < 4.78 is 0. The van der Waals surface area contributed by atoms with Crippen molar-refractivity contribution in [1.82, 2.24) is 0 Å². The zero-order chi connectivity index (χ0) is 15.8. The summed E-state index contributed by atoms with van der Waals surface area (Å²) in [4.78, 5) is 10.9. The number of allylic oxidation sites excluding steroid dienone is 1. The monoisotopic (exact) mass is 296 g/mol. The van der Waals surface area contributed by atoms with Crippen LogP contribution < -0.4 is 0 Å². The molecule has 0 spiro atoms. The molecule has 2 nitrogen and oxygen atoms in total. The number of unbranched alkanes of at least 4 members (excludes halogenated alkanes) is 2. The topological polar surface area (TPSA) is 37.3 Å². The van der Waals surface area contributed by atoms with Crippen LogP contribution >= 0.6 is 0 Å². The summed E-state index contributed by atoms with van der Waals surface area (Å²) in [6, 6.07) is 14.8. The maximum absolute atomic E-state index is 10.9. The molecule has 0 amide bonds. The van der Waals surface area contributed by atoms with Crippen LogP contribution in [0.2, 0.25) is 0 Å². The van der Waals surface area contributed by atoms with E-state index in [0.717, 1.165) is 32.1 Å². The Kier molecular flexibility index (Phi) is 6.20. The summed E-state index contributed by atoms with van der Waals surface area (Å²) in [5.41, 5.74) is 1.22. The SMILES string of the molecule is CCC(CCCCC=Cc1ccc2ccccc2c1)C(=O)O. The highest BCUT2D eigenvalue weighted by Crippen LogP contribution is 2.17. The molecule has 0 aliphatic carbocycles. The summed E-state index contributed by atoms with van der Waals surface area (Å²) in [5.74, 6) is -0.835. The van der Waals surface area contributed by atoms with Crippen LogP contribution in [0.1, 0.15) is 44.6 Å². The predicted molar refractivity (Wildman–Crippen MR) is 92.9 cm³/mol. The average molecular weight is 296 g/mol. The number of fused-ring (bicyclic) bond motifs is 1. The van der Waals surface area contributed by atoms with E-state index in [1.807, 2.05) is 6.92 Å². The van der Waals surface area contributed by atoms with Crippen molar-refractivity contribution in [3.05, 3.63) is 54.1 Å². The summed E-state index contributed by atoms with van der Waals surface area (Å²) in [5, 5.41) is 11.5. The molecule has 0 saturated heterocycles. The number of rotatable bonds is 8. The van der Waals surface area contributed by atoms with E-state index in [0.29, 0.717) is 0 Å². The third-order valence-electron chi connectivity index (χ3n) is 4.10. The van der Waals surface area contributed by atoms with Crippen LogP contribution in [0.3, 0.4) is 0 Å². The van der Waals surface area contributed by atoms with E-state index >= 15 is 0 Å². The van der Waals surface area contributed by atoms with Crippen LogP contribution in [0, 0.1) is 5.92 Å². The molecule has 2 aromatic rings. The highest BCUT2D eigenvalue weighted by Gasteiger charge is 2.13. The molecule has 22 heavy (non-hydrogen) atoms. The first kappa shape index (κ1) is 16.3. The highest BCUT2D eigenvalue weighted by molar-refractivity contribution is 5.84. The molecule has 0 bridgehead atoms. The van der Waals surface area contributed by atoms with E-state index < -0.39 is 5.97 Å². The Balaban J connectivity index is 1.78. The first-order valence-electron chi connectivity index (χ1n) is 8.09. The predicted octanol–water partition coefficient (Wildman–Crippen LogP) is 5.52. The zero-order valence-electron chi connectivity index (χ0n) is 13.2. The smallest absolute Gasteiger partial charge is 0.306 e. The van der Waals surface area contributed by atoms with Crippen molar-refractivity contribution >= 4 is 22.8 Å². The molecule has 2 rings (SSSR count). The van der Waals surface area contributed by atoms with E-state index in [1.165, 1.54) is 16.3 Å². The molecule has 0 fully saturated rings. The fourth-order valence-electron chi connectivity index (χ4n) is 2.69. The first-order valence-corrected chi connectivity index (χ1v) is 8.09. The lowest BCUT2D eigenvalue weighted by atomic mass is 9.99. The van der Waals surface area contributed by atoms with Gasteiger partial charge in [-0.3, -0.25) is 4.79 Å². The van der Waals surface area contributed by atoms with Gasteiger partial charge in [0.1, 0.15) is 0 Å². The van der Waals surface area contributed by atoms with Gasteiger partial charge in [0.25, 0.3) is 0 Å². The molecule has 0 heterocycles. The number of aliphatic carboxylic acids is 1. The van der Waals surface area contributed by atoms with Crippen LogP contribution in [-0.2, 0) is 4.79 Å². The minimum absolute atomic E-state index is 0.176. The molecule has 2 aromatic carbocycles. The van der Waals surface area contributed by atoms with Crippen LogP contribution in [0.15, 0.2) is 48.5 Å². The van der Waals surface area contributed by atoms with Gasteiger partial charge < -0.3 is 5.11 Å². The molecule has 1 unspecified atom stereocenters. The van der Waals surface area contributed by atoms with E-state index in [4.69, 9.17) is 5.11 Å². The molecule has 1 atom stereocenters. The third-order valence-corrected chi connectivity index (χ3v) is 4.10. The number of carboxylic acids is 1. The van der Waals surface area contributed by atoms with Crippen molar-refractivity contribution in [3.8, 4) is 0 Å². The molecule has 0 aromatic heterocycles. The molecule has 0 radical (unpaired) electrons. The van der Waals surface area contributed by atoms with E-state index in [2.05, 4.69) is 54.6 Å². The lowest BCUT2D eigenvalue weighted by Gasteiger charge is -2.07. The number of carboxylic acid groups (broad SMARTS) is 1. The fourth-order valence-corrected chi connectivity index (χ4v) is 2.69. The maximum atomic E-state index is 10.9.